The molecule has 4 heteroatoms. The van der Waals surface area contributed by atoms with Gasteiger partial charge in [0.05, 0.1) is 4.88 Å². The van der Waals surface area contributed by atoms with Crippen molar-refractivity contribution >= 4 is 29.4 Å². The summed E-state index contributed by atoms with van der Waals surface area (Å²) in [7, 11) is 2.19. The van der Waals surface area contributed by atoms with E-state index in [1.54, 1.807) is 23.1 Å². The van der Waals surface area contributed by atoms with Crippen LogP contribution >= 0.6 is 23.1 Å². The van der Waals surface area contributed by atoms with E-state index in [0.717, 1.165) is 30.7 Å². The number of hydrogen-bond acceptors (Lipinski definition) is 4. The molecule has 2 heterocycles. The largest absolute Gasteiger partial charge is 0.305 e. The van der Waals surface area contributed by atoms with Gasteiger partial charge >= 0.3 is 0 Å². The number of likely N-dealkylation sites (N-methyl/N-ethyl adjacent to an activating group) is 1. The summed E-state index contributed by atoms with van der Waals surface area (Å²) in [5.74, 6) is 0.373. The molecule has 1 atom stereocenters. The van der Waals surface area contributed by atoms with Crippen molar-refractivity contribution in [2.45, 2.75) is 17.2 Å². The van der Waals surface area contributed by atoms with Gasteiger partial charge in [0.25, 0.3) is 0 Å². The van der Waals surface area contributed by atoms with E-state index in [2.05, 4.69) is 48.5 Å². The van der Waals surface area contributed by atoms with Gasteiger partial charge < -0.3 is 4.90 Å². The molecule has 2 aromatic rings. The van der Waals surface area contributed by atoms with Crippen LogP contribution in [0.5, 0.6) is 0 Å². The SMILES string of the molecule is CSc1c(C=O)sc2c1CCN(C)CC2c1ccccc1. The Balaban J connectivity index is 2.13. The second kappa shape index (κ2) is 6.34. The Morgan fingerprint density at radius 2 is 2.10 bits per heavy atom. The lowest BCUT2D eigenvalue weighted by molar-refractivity contribution is 0.112. The zero-order chi connectivity index (χ0) is 14.8. The van der Waals surface area contributed by atoms with Crippen LogP contribution < -0.4 is 0 Å². The fourth-order valence-electron chi connectivity index (χ4n) is 3.04. The fourth-order valence-corrected chi connectivity index (χ4v) is 5.37. The highest BCUT2D eigenvalue weighted by Crippen LogP contribution is 2.42. The van der Waals surface area contributed by atoms with Crippen LogP contribution in [0.2, 0.25) is 0 Å². The van der Waals surface area contributed by atoms with Crippen LogP contribution in [0.1, 0.15) is 31.6 Å². The molecule has 3 rings (SSSR count). The van der Waals surface area contributed by atoms with E-state index in [0.29, 0.717) is 5.92 Å². The quantitative estimate of drug-likeness (QED) is 0.632. The lowest BCUT2D eigenvalue weighted by atomic mass is 9.95. The van der Waals surface area contributed by atoms with Gasteiger partial charge in [0, 0.05) is 28.8 Å². The molecule has 0 bridgehead atoms. The number of fused-ring (bicyclic) bond motifs is 1. The van der Waals surface area contributed by atoms with Crippen LogP contribution in [0, 0.1) is 0 Å². The molecule has 2 nitrogen and oxygen atoms in total. The van der Waals surface area contributed by atoms with Crippen LogP contribution in [0.3, 0.4) is 0 Å². The third-order valence-electron chi connectivity index (χ3n) is 4.08. The van der Waals surface area contributed by atoms with Gasteiger partial charge in [0.1, 0.15) is 0 Å². The van der Waals surface area contributed by atoms with Gasteiger partial charge in [-0.2, -0.15) is 0 Å². The molecule has 0 aliphatic carbocycles. The second-order valence-corrected chi connectivity index (χ2v) is 7.34. The molecule has 0 fully saturated rings. The lowest BCUT2D eigenvalue weighted by Crippen LogP contribution is -2.24. The Kier molecular flexibility index (Phi) is 4.48. The molecule has 1 aromatic carbocycles. The van der Waals surface area contributed by atoms with Crippen LogP contribution in [0.4, 0.5) is 0 Å². The molecular weight excluding hydrogens is 298 g/mol. The Morgan fingerprint density at radius 3 is 2.76 bits per heavy atom. The number of benzene rings is 1. The van der Waals surface area contributed by atoms with Gasteiger partial charge in [-0.25, -0.2) is 0 Å². The minimum Gasteiger partial charge on any atom is -0.305 e. The molecule has 1 aliphatic rings. The summed E-state index contributed by atoms with van der Waals surface area (Å²) in [4.78, 5) is 17.3. The Bertz CT molecular complexity index is 636. The van der Waals surface area contributed by atoms with Crippen molar-refractivity contribution in [2.75, 3.05) is 26.4 Å². The van der Waals surface area contributed by atoms with Crippen molar-refractivity contribution in [2.24, 2.45) is 0 Å². The summed E-state index contributed by atoms with van der Waals surface area (Å²) in [5.41, 5.74) is 2.74. The average Bonchev–Trinajstić information content (AvgIpc) is 2.80. The van der Waals surface area contributed by atoms with Gasteiger partial charge in [-0.05, 0) is 30.9 Å². The molecule has 1 aliphatic heterocycles. The number of rotatable bonds is 3. The van der Waals surface area contributed by atoms with E-state index in [1.165, 1.54) is 20.9 Å². The van der Waals surface area contributed by atoms with E-state index < -0.39 is 0 Å². The summed E-state index contributed by atoms with van der Waals surface area (Å²) in [6.45, 7) is 2.07. The Morgan fingerprint density at radius 1 is 1.33 bits per heavy atom. The van der Waals surface area contributed by atoms with Crippen molar-refractivity contribution in [3.63, 3.8) is 0 Å². The third-order valence-corrected chi connectivity index (χ3v) is 6.36. The molecule has 0 radical (unpaired) electrons. The summed E-state index contributed by atoms with van der Waals surface area (Å²) in [6.07, 6.45) is 4.13. The highest BCUT2D eigenvalue weighted by Gasteiger charge is 2.28. The number of hydrogen-bond donors (Lipinski definition) is 0. The number of aldehydes is 1. The molecule has 0 saturated heterocycles. The predicted octanol–water partition coefficient (Wildman–Crippen LogP) is 3.90. The van der Waals surface area contributed by atoms with Crippen LogP contribution in [-0.2, 0) is 6.42 Å². The molecule has 1 aromatic heterocycles. The number of thioether (sulfide) groups is 1. The predicted molar refractivity (Wildman–Crippen MR) is 91.0 cm³/mol. The molecule has 1 unspecified atom stereocenters. The first-order chi connectivity index (χ1) is 10.2. The zero-order valence-electron chi connectivity index (χ0n) is 12.3. The summed E-state index contributed by atoms with van der Waals surface area (Å²) in [6, 6.07) is 10.7. The van der Waals surface area contributed by atoms with Crippen molar-refractivity contribution in [3.05, 3.63) is 51.2 Å². The van der Waals surface area contributed by atoms with Gasteiger partial charge in [-0.15, -0.1) is 23.1 Å². The first-order valence-corrected chi connectivity index (χ1v) is 9.17. The minimum atomic E-state index is 0.373. The van der Waals surface area contributed by atoms with Crippen LogP contribution in [0.25, 0.3) is 0 Å². The topological polar surface area (TPSA) is 20.3 Å². The normalized spacial score (nSPS) is 19.0. The standard InChI is InChI=1S/C17H19NOS2/c1-18-9-8-13-16(21-15(11-19)17(13)20-2)14(10-18)12-6-4-3-5-7-12/h3-7,11,14H,8-10H2,1-2H3. The Hall–Kier alpha value is -1.10. The molecule has 0 saturated carbocycles. The van der Waals surface area contributed by atoms with Gasteiger partial charge in [-0.1, -0.05) is 30.3 Å². The number of thiophene rings is 1. The number of carbonyl (C=O) groups is 1. The smallest absolute Gasteiger partial charge is 0.161 e. The van der Waals surface area contributed by atoms with E-state index in [-0.39, 0.29) is 0 Å². The van der Waals surface area contributed by atoms with E-state index in [9.17, 15) is 4.79 Å². The van der Waals surface area contributed by atoms with Crippen LogP contribution in [-0.4, -0.2) is 37.6 Å². The maximum atomic E-state index is 11.4. The van der Waals surface area contributed by atoms with Crippen molar-refractivity contribution < 1.29 is 4.79 Å². The lowest BCUT2D eigenvalue weighted by Gasteiger charge is -2.20. The van der Waals surface area contributed by atoms with Gasteiger partial charge in [0.2, 0.25) is 0 Å². The van der Waals surface area contributed by atoms with E-state index >= 15 is 0 Å². The molecule has 21 heavy (non-hydrogen) atoms. The maximum absolute atomic E-state index is 11.4. The number of nitrogens with zero attached hydrogens (tertiary/aromatic N) is 1. The highest BCUT2D eigenvalue weighted by molar-refractivity contribution is 7.98. The first kappa shape index (κ1) is 14.8. The first-order valence-electron chi connectivity index (χ1n) is 7.12. The number of carbonyl (C=O) groups excluding carboxylic acids is 1. The minimum absolute atomic E-state index is 0.373. The molecule has 0 N–H and O–H groups in total. The van der Waals surface area contributed by atoms with E-state index in [1.807, 2.05) is 0 Å². The average molecular weight is 317 g/mol. The maximum Gasteiger partial charge on any atom is 0.161 e. The zero-order valence-corrected chi connectivity index (χ0v) is 14.0. The van der Waals surface area contributed by atoms with E-state index in [4.69, 9.17) is 0 Å². The fraction of sp³-hybridized carbons (Fsp3) is 0.353. The van der Waals surface area contributed by atoms with Crippen molar-refractivity contribution in [3.8, 4) is 0 Å². The van der Waals surface area contributed by atoms with Gasteiger partial charge in [-0.3, -0.25) is 4.79 Å². The molecule has 110 valence electrons. The molecular formula is C17H19NOS2. The molecule has 0 amide bonds. The summed E-state index contributed by atoms with van der Waals surface area (Å²) in [5, 5.41) is 0. The second-order valence-electron chi connectivity index (χ2n) is 5.44. The Labute approximate surface area is 134 Å². The van der Waals surface area contributed by atoms with Crippen molar-refractivity contribution in [1.29, 1.82) is 0 Å². The van der Waals surface area contributed by atoms with Crippen LogP contribution in [0.15, 0.2) is 35.2 Å². The third kappa shape index (κ3) is 2.80. The monoisotopic (exact) mass is 317 g/mol. The summed E-state index contributed by atoms with van der Waals surface area (Å²) >= 11 is 3.40. The van der Waals surface area contributed by atoms with Crippen molar-refractivity contribution in [1.82, 2.24) is 4.90 Å². The van der Waals surface area contributed by atoms with Gasteiger partial charge in [0.15, 0.2) is 6.29 Å². The summed E-state index contributed by atoms with van der Waals surface area (Å²) < 4.78 is 0. The molecule has 0 spiro atoms. The highest BCUT2D eigenvalue weighted by atomic mass is 32.2.